The molecule has 0 fully saturated rings. The number of benzene rings is 1. The molecule has 0 unspecified atom stereocenters. The number of para-hydroxylation sites is 1. The number of nitrogens with two attached hydrogens (primary N) is 1. The smallest absolute Gasteiger partial charge is 0.0985 e. The lowest BCUT2D eigenvalue weighted by Crippen LogP contribution is -2.21. The zero-order valence-corrected chi connectivity index (χ0v) is 7.77. The van der Waals surface area contributed by atoms with Crippen LogP contribution in [-0.2, 0) is 0 Å². The third-order valence-electron chi connectivity index (χ3n) is 2.35. The summed E-state index contributed by atoms with van der Waals surface area (Å²) in [5, 5.41) is 8.79. The van der Waals surface area contributed by atoms with Gasteiger partial charge in [0, 0.05) is 11.4 Å². The van der Waals surface area contributed by atoms with Gasteiger partial charge in [-0.1, -0.05) is 18.2 Å². The second-order valence-electron chi connectivity index (χ2n) is 3.31. The van der Waals surface area contributed by atoms with E-state index in [0.717, 1.165) is 5.69 Å². The lowest BCUT2D eigenvalue weighted by molar-refractivity contribution is 0.975. The van der Waals surface area contributed by atoms with E-state index in [0.29, 0.717) is 24.4 Å². The van der Waals surface area contributed by atoms with Crippen LogP contribution in [0.25, 0.3) is 0 Å². The van der Waals surface area contributed by atoms with Gasteiger partial charge >= 0.3 is 0 Å². The Labute approximate surface area is 83.1 Å². The van der Waals surface area contributed by atoms with Crippen molar-refractivity contribution in [1.82, 2.24) is 0 Å². The van der Waals surface area contributed by atoms with Gasteiger partial charge in [-0.05, 0) is 12.1 Å². The first kappa shape index (κ1) is 8.64. The molecule has 1 aliphatic heterocycles. The van der Waals surface area contributed by atoms with Gasteiger partial charge < -0.3 is 10.6 Å². The van der Waals surface area contributed by atoms with E-state index in [1.807, 2.05) is 30.3 Å². The summed E-state index contributed by atoms with van der Waals surface area (Å²) in [5.74, 6) is 0. The molecule has 0 atom stereocenters. The maximum Gasteiger partial charge on any atom is 0.0985 e. The molecule has 0 aromatic heterocycles. The first-order chi connectivity index (χ1) is 6.81. The van der Waals surface area contributed by atoms with Gasteiger partial charge in [-0.3, -0.25) is 0 Å². The summed E-state index contributed by atoms with van der Waals surface area (Å²) in [6.07, 6.45) is 0. The highest BCUT2D eigenvalue weighted by Gasteiger charge is 2.19. The van der Waals surface area contributed by atoms with Crippen molar-refractivity contribution in [1.29, 1.82) is 5.26 Å². The Balaban J connectivity index is 2.18. The summed E-state index contributed by atoms with van der Waals surface area (Å²) in [4.78, 5) is 2.09. The molecular formula is C11H11N3. The molecule has 0 bridgehead atoms. The Morgan fingerprint density at radius 2 is 1.93 bits per heavy atom. The molecule has 0 saturated carbocycles. The van der Waals surface area contributed by atoms with Crippen molar-refractivity contribution in [3.05, 3.63) is 41.6 Å². The van der Waals surface area contributed by atoms with Crippen LogP contribution in [0, 0.1) is 11.3 Å². The molecule has 1 aliphatic rings. The first-order valence-corrected chi connectivity index (χ1v) is 4.49. The van der Waals surface area contributed by atoms with E-state index in [9.17, 15) is 0 Å². The second kappa shape index (κ2) is 3.43. The molecule has 0 spiro atoms. The molecule has 0 aliphatic carbocycles. The van der Waals surface area contributed by atoms with E-state index in [2.05, 4.69) is 11.0 Å². The van der Waals surface area contributed by atoms with Crippen molar-refractivity contribution in [3.8, 4) is 6.07 Å². The van der Waals surface area contributed by atoms with Gasteiger partial charge in [0.15, 0.2) is 0 Å². The summed E-state index contributed by atoms with van der Waals surface area (Å²) >= 11 is 0. The van der Waals surface area contributed by atoms with Crippen LogP contribution in [0.3, 0.4) is 0 Å². The normalized spacial score (nSPS) is 15.8. The van der Waals surface area contributed by atoms with Crippen molar-refractivity contribution in [2.75, 3.05) is 18.0 Å². The fraction of sp³-hybridized carbons (Fsp3) is 0.182. The third kappa shape index (κ3) is 1.42. The van der Waals surface area contributed by atoms with E-state index in [1.165, 1.54) is 0 Å². The minimum Gasteiger partial charge on any atom is -0.400 e. The molecule has 3 nitrogen and oxygen atoms in total. The van der Waals surface area contributed by atoms with Crippen molar-refractivity contribution in [2.45, 2.75) is 0 Å². The van der Waals surface area contributed by atoms with E-state index >= 15 is 0 Å². The van der Waals surface area contributed by atoms with E-state index in [4.69, 9.17) is 11.0 Å². The largest absolute Gasteiger partial charge is 0.400 e. The summed E-state index contributed by atoms with van der Waals surface area (Å²) < 4.78 is 0. The SMILES string of the molecule is N#CC1=C(N)CN(c2ccccc2)C1. The van der Waals surface area contributed by atoms with Gasteiger partial charge in [-0.2, -0.15) is 5.26 Å². The quantitative estimate of drug-likeness (QED) is 0.716. The number of rotatable bonds is 1. The lowest BCUT2D eigenvalue weighted by Gasteiger charge is -2.17. The van der Waals surface area contributed by atoms with Crippen LogP contribution in [0.2, 0.25) is 0 Å². The number of hydrogen-bond donors (Lipinski definition) is 1. The molecule has 2 rings (SSSR count). The van der Waals surface area contributed by atoms with Crippen LogP contribution in [0.1, 0.15) is 0 Å². The molecular weight excluding hydrogens is 174 g/mol. The van der Waals surface area contributed by atoms with Crippen LogP contribution in [0.5, 0.6) is 0 Å². The Bertz CT molecular complexity index is 400. The van der Waals surface area contributed by atoms with Gasteiger partial charge in [0.2, 0.25) is 0 Å². The Morgan fingerprint density at radius 3 is 2.50 bits per heavy atom. The molecule has 0 saturated heterocycles. The van der Waals surface area contributed by atoms with E-state index < -0.39 is 0 Å². The highest BCUT2D eigenvalue weighted by atomic mass is 15.2. The highest BCUT2D eigenvalue weighted by molar-refractivity contribution is 5.54. The van der Waals surface area contributed by atoms with Gasteiger partial charge in [-0.15, -0.1) is 0 Å². The maximum absolute atomic E-state index is 8.79. The van der Waals surface area contributed by atoms with Crippen molar-refractivity contribution in [3.63, 3.8) is 0 Å². The van der Waals surface area contributed by atoms with Crippen molar-refractivity contribution >= 4 is 5.69 Å². The summed E-state index contributed by atoms with van der Waals surface area (Å²) in [6, 6.07) is 12.1. The molecule has 1 aromatic rings. The topological polar surface area (TPSA) is 53.1 Å². The lowest BCUT2D eigenvalue weighted by atomic mass is 10.3. The number of nitrogens with zero attached hydrogens (tertiary/aromatic N) is 2. The first-order valence-electron chi connectivity index (χ1n) is 4.49. The summed E-state index contributed by atoms with van der Waals surface area (Å²) in [6.45, 7) is 1.29. The number of nitriles is 1. The third-order valence-corrected chi connectivity index (χ3v) is 2.35. The molecule has 70 valence electrons. The standard InChI is InChI=1S/C11H11N3/c12-6-9-7-14(8-11(9)13)10-4-2-1-3-5-10/h1-5H,7-8,13H2. The van der Waals surface area contributed by atoms with Crippen molar-refractivity contribution < 1.29 is 0 Å². The van der Waals surface area contributed by atoms with Crippen LogP contribution < -0.4 is 10.6 Å². The average Bonchev–Trinajstić information content (AvgIpc) is 2.61. The fourth-order valence-corrected chi connectivity index (χ4v) is 1.58. The van der Waals surface area contributed by atoms with Gasteiger partial charge in [0.05, 0.1) is 24.7 Å². The van der Waals surface area contributed by atoms with E-state index in [1.54, 1.807) is 0 Å². The van der Waals surface area contributed by atoms with Gasteiger partial charge in [0.1, 0.15) is 0 Å². The summed E-state index contributed by atoms with van der Waals surface area (Å²) in [7, 11) is 0. The minimum absolute atomic E-state index is 0.631. The molecule has 3 heteroatoms. The Hall–Kier alpha value is -1.95. The second-order valence-corrected chi connectivity index (χ2v) is 3.31. The number of anilines is 1. The maximum atomic E-state index is 8.79. The average molecular weight is 185 g/mol. The Kier molecular flexibility index (Phi) is 2.11. The van der Waals surface area contributed by atoms with Crippen molar-refractivity contribution in [2.24, 2.45) is 5.73 Å². The van der Waals surface area contributed by atoms with Crippen LogP contribution in [0.15, 0.2) is 41.6 Å². The van der Waals surface area contributed by atoms with Crippen LogP contribution >= 0.6 is 0 Å². The molecule has 1 heterocycles. The monoisotopic (exact) mass is 185 g/mol. The predicted molar refractivity (Wildman–Crippen MR) is 55.5 cm³/mol. The molecule has 2 N–H and O–H groups in total. The number of hydrogen-bond acceptors (Lipinski definition) is 3. The van der Waals surface area contributed by atoms with Crippen LogP contribution in [0.4, 0.5) is 5.69 Å². The minimum atomic E-state index is 0.631. The summed E-state index contributed by atoms with van der Waals surface area (Å²) in [5.41, 5.74) is 8.22. The van der Waals surface area contributed by atoms with Gasteiger partial charge in [0.25, 0.3) is 0 Å². The molecule has 0 amide bonds. The highest BCUT2D eigenvalue weighted by Crippen LogP contribution is 2.21. The predicted octanol–water partition coefficient (Wildman–Crippen LogP) is 1.24. The molecule has 0 radical (unpaired) electrons. The zero-order valence-electron chi connectivity index (χ0n) is 7.77. The zero-order chi connectivity index (χ0) is 9.97. The van der Waals surface area contributed by atoms with Crippen LogP contribution in [-0.4, -0.2) is 13.1 Å². The van der Waals surface area contributed by atoms with E-state index in [-0.39, 0.29) is 0 Å². The Morgan fingerprint density at radius 1 is 1.21 bits per heavy atom. The molecule has 14 heavy (non-hydrogen) atoms. The molecule has 1 aromatic carbocycles. The van der Waals surface area contributed by atoms with Gasteiger partial charge in [-0.25, -0.2) is 0 Å². The fourth-order valence-electron chi connectivity index (χ4n) is 1.58.